The van der Waals surface area contributed by atoms with Crippen LogP contribution in [0.1, 0.15) is 22.3 Å². The van der Waals surface area contributed by atoms with Gasteiger partial charge >= 0.3 is 0 Å². The van der Waals surface area contributed by atoms with Gasteiger partial charge in [0, 0.05) is 22.0 Å². The fraction of sp³-hybridized carbons (Fsp3) is 0.0182. The van der Waals surface area contributed by atoms with Gasteiger partial charge in [0.2, 0.25) is 0 Å². The molecule has 9 aromatic carbocycles. The number of fused-ring (bicyclic) bond motifs is 15. The molecule has 2 aliphatic rings. The maximum atomic E-state index is 6.82. The Morgan fingerprint density at radius 1 is 0.333 bits per heavy atom. The Labute approximate surface area is 331 Å². The third kappa shape index (κ3) is 4.47. The fourth-order valence-corrected chi connectivity index (χ4v) is 10.0. The fourth-order valence-electron chi connectivity index (χ4n) is 10.0. The third-order valence-corrected chi connectivity index (χ3v) is 12.3. The van der Waals surface area contributed by atoms with Gasteiger partial charge in [0.1, 0.15) is 5.58 Å². The third-order valence-electron chi connectivity index (χ3n) is 12.3. The first-order chi connectivity index (χ1) is 28.3. The minimum atomic E-state index is -0.593. The van der Waals surface area contributed by atoms with Crippen molar-refractivity contribution in [3.8, 4) is 44.5 Å². The van der Waals surface area contributed by atoms with E-state index in [0.717, 1.165) is 50.1 Å². The van der Waals surface area contributed by atoms with E-state index in [9.17, 15) is 0 Å². The molecule has 0 bridgehead atoms. The summed E-state index contributed by atoms with van der Waals surface area (Å²) in [5.74, 6) is 0. The first kappa shape index (κ1) is 31.9. The lowest BCUT2D eigenvalue weighted by Crippen LogP contribution is -2.29. The van der Waals surface area contributed by atoms with Gasteiger partial charge in [0.05, 0.1) is 16.8 Å². The van der Waals surface area contributed by atoms with Crippen LogP contribution in [-0.4, -0.2) is 0 Å². The normalized spacial score (nSPS) is 13.1. The number of furan rings is 1. The highest BCUT2D eigenvalue weighted by Gasteiger charge is 2.49. The number of para-hydroxylation sites is 3. The average molecular weight is 726 g/mol. The Morgan fingerprint density at radius 3 is 1.51 bits per heavy atom. The summed E-state index contributed by atoms with van der Waals surface area (Å²) in [5, 5.41) is 2.21. The number of anilines is 3. The first-order valence-electron chi connectivity index (χ1n) is 19.7. The molecular weight excluding hydrogens is 691 g/mol. The minimum absolute atomic E-state index is 0.593. The molecule has 0 saturated heterocycles. The number of rotatable bonds is 4. The zero-order valence-corrected chi connectivity index (χ0v) is 31.1. The van der Waals surface area contributed by atoms with Gasteiger partial charge in [-0.15, -0.1) is 0 Å². The molecule has 0 atom stereocenters. The van der Waals surface area contributed by atoms with Crippen LogP contribution in [0.25, 0.3) is 66.4 Å². The highest BCUT2D eigenvalue weighted by molar-refractivity contribution is 6.11. The van der Waals surface area contributed by atoms with Crippen molar-refractivity contribution in [3.05, 3.63) is 235 Å². The molecule has 10 aromatic rings. The van der Waals surface area contributed by atoms with Gasteiger partial charge < -0.3 is 9.32 Å². The van der Waals surface area contributed by atoms with E-state index < -0.39 is 5.41 Å². The molecule has 1 spiro atoms. The van der Waals surface area contributed by atoms with Crippen LogP contribution in [-0.2, 0) is 5.41 Å². The Bertz CT molecular complexity index is 3160. The largest absolute Gasteiger partial charge is 0.454 e. The molecule has 57 heavy (non-hydrogen) atoms. The Balaban J connectivity index is 1.23. The summed E-state index contributed by atoms with van der Waals surface area (Å²) >= 11 is 0. The van der Waals surface area contributed by atoms with Gasteiger partial charge in [-0.05, 0) is 91.5 Å². The van der Waals surface area contributed by atoms with Gasteiger partial charge in [0.15, 0.2) is 5.58 Å². The van der Waals surface area contributed by atoms with Crippen molar-refractivity contribution in [3.63, 3.8) is 0 Å². The molecule has 2 nitrogen and oxygen atoms in total. The predicted molar refractivity (Wildman–Crippen MR) is 236 cm³/mol. The van der Waals surface area contributed by atoms with Crippen LogP contribution in [0.15, 0.2) is 217 Å². The second-order valence-corrected chi connectivity index (χ2v) is 15.1. The van der Waals surface area contributed by atoms with Gasteiger partial charge in [-0.2, -0.15) is 0 Å². The van der Waals surface area contributed by atoms with Crippen molar-refractivity contribution in [1.29, 1.82) is 0 Å². The van der Waals surface area contributed by atoms with Crippen LogP contribution >= 0.6 is 0 Å². The molecule has 0 radical (unpaired) electrons. The monoisotopic (exact) mass is 725 g/mol. The molecule has 0 aliphatic heterocycles. The van der Waals surface area contributed by atoms with Crippen LogP contribution in [0, 0.1) is 0 Å². The molecule has 0 amide bonds. The molecule has 1 heterocycles. The van der Waals surface area contributed by atoms with E-state index in [1.165, 1.54) is 55.6 Å². The molecule has 266 valence electrons. The van der Waals surface area contributed by atoms with Crippen LogP contribution in [0.2, 0.25) is 0 Å². The second kappa shape index (κ2) is 12.3. The Hall–Kier alpha value is -7.42. The van der Waals surface area contributed by atoms with E-state index in [2.05, 4.69) is 211 Å². The van der Waals surface area contributed by atoms with E-state index in [0.29, 0.717) is 0 Å². The van der Waals surface area contributed by atoms with Gasteiger partial charge in [-0.3, -0.25) is 0 Å². The van der Waals surface area contributed by atoms with Crippen molar-refractivity contribution in [2.75, 3.05) is 4.90 Å². The smallest absolute Gasteiger partial charge is 0.159 e. The van der Waals surface area contributed by atoms with E-state index in [-0.39, 0.29) is 0 Å². The molecule has 0 saturated carbocycles. The topological polar surface area (TPSA) is 16.4 Å². The zero-order valence-electron chi connectivity index (χ0n) is 31.1. The summed E-state index contributed by atoms with van der Waals surface area (Å²) < 4.78 is 6.82. The van der Waals surface area contributed by atoms with E-state index in [1.807, 2.05) is 6.07 Å². The lowest BCUT2D eigenvalue weighted by atomic mass is 9.66. The predicted octanol–water partition coefficient (Wildman–Crippen LogP) is 14.7. The van der Waals surface area contributed by atoms with Gasteiger partial charge in [-0.25, -0.2) is 0 Å². The van der Waals surface area contributed by atoms with Crippen molar-refractivity contribution in [1.82, 2.24) is 0 Å². The molecule has 0 N–H and O–H groups in total. The van der Waals surface area contributed by atoms with Gasteiger partial charge in [-0.1, -0.05) is 182 Å². The lowest BCUT2D eigenvalue weighted by Gasteiger charge is -2.36. The van der Waals surface area contributed by atoms with Crippen LogP contribution in [0.5, 0.6) is 0 Å². The van der Waals surface area contributed by atoms with E-state index in [1.54, 1.807) is 0 Å². The van der Waals surface area contributed by atoms with Crippen LogP contribution in [0.3, 0.4) is 0 Å². The molecule has 0 fully saturated rings. The van der Waals surface area contributed by atoms with E-state index >= 15 is 0 Å². The van der Waals surface area contributed by atoms with Crippen LogP contribution in [0.4, 0.5) is 17.1 Å². The number of hydrogen-bond donors (Lipinski definition) is 0. The summed E-state index contributed by atoms with van der Waals surface area (Å²) in [6.07, 6.45) is 0. The van der Waals surface area contributed by atoms with Crippen molar-refractivity contribution >= 4 is 39.0 Å². The zero-order chi connectivity index (χ0) is 37.5. The quantitative estimate of drug-likeness (QED) is 0.180. The summed E-state index contributed by atoms with van der Waals surface area (Å²) in [6.45, 7) is 0. The molecule has 0 unspecified atom stereocenters. The number of nitrogens with zero attached hydrogens (tertiary/aromatic N) is 1. The SMILES string of the molecule is c1ccc(-c2ccccc2N(c2ccc3c(c2)C2(c4ccccc4-c4ccccc4-3)c3ccccc3-c3ccccc32)c2cccc3c2oc2ccccc23)cc1. The lowest BCUT2D eigenvalue weighted by molar-refractivity contribution is 0.669. The molecule has 1 aromatic heterocycles. The number of hydrogen-bond acceptors (Lipinski definition) is 2. The summed E-state index contributed by atoms with van der Waals surface area (Å²) in [5.41, 5.74) is 19.3. The summed E-state index contributed by atoms with van der Waals surface area (Å²) in [6, 6.07) is 77.7. The molecule has 12 rings (SSSR count). The first-order valence-corrected chi connectivity index (χ1v) is 19.7. The molecular formula is C55H35NO. The average Bonchev–Trinajstić information content (AvgIpc) is 3.78. The van der Waals surface area contributed by atoms with Crippen LogP contribution < -0.4 is 4.90 Å². The Kier molecular flexibility index (Phi) is 6.88. The van der Waals surface area contributed by atoms with Crippen molar-refractivity contribution < 1.29 is 4.42 Å². The summed E-state index contributed by atoms with van der Waals surface area (Å²) in [7, 11) is 0. The highest BCUT2D eigenvalue weighted by Crippen LogP contribution is 2.62. The summed E-state index contributed by atoms with van der Waals surface area (Å²) in [4.78, 5) is 2.43. The van der Waals surface area contributed by atoms with Crippen molar-refractivity contribution in [2.45, 2.75) is 5.41 Å². The molecule has 2 aliphatic carbocycles. The minimum Gasteiger partial charge on any atom is -0.454 e. The Morgan fingerprint density at radius 2 is 0.825 bits per heavy atom. The van der Waals surface area contributed by atoms with Gasteiger partial charge in [0.25, 0.3) is 0 Å². The standard InChI is InChI=1S/C55H35NO/c1-2-17-36(18-3-1)38-19-9-14-30-51(38)56(52-31-16-26-46-45-25-10-15-32-53(45)57-54(46)52)37-33-34-44-40-21-5-4-20-39(40)41-22-6-11-27-47(41)55(50(44)35-37)48-28-12-7-23-42(48)43-24-8-13-29-49(43)55/h1-35H. The second-order valence-electron chi connectivity index (χ2n) is 15.1. The van der Waals surface area contributed by atoms with E-state index in [4.69, 9.17) is 4.42 Å². The maximum absolute atomic E-state index is 6.82. The number of benzene rings is 9. The highest BCUT2D eigenvalue weighted by atomic mass is 16.3. The molecule has 2 heteroatoms. The van der Waals surface area contributed by atoms with Crippen molar-refractivity contribution in [2.24, 2.45) is 0 Å². The maximum Gasteiger partial charge on any atom is 0.159 e.